The summed E-state index contributed by atoms with van der Waals surface area (Å²) in [6, 6.07) is 13.3. The number of carbonyl (C=O) groups excluding carboxylic acids is 2. The Balaban J connectivity index is 1.64. The van der Waals surface area contributed by atoms with Crippen molar-refractivity contribution in [3.8, 4) is 0 Å². The average Bonchev–Trinajstić information content (AvgIpc) is 2.93. The smallest absolute Gasteiger partial charge is 0.338 e. The number of nitrogens with one attached hydrogen (secondary N) is 1. The highest BCUT2D eigenvalue weighted by atomic mass is 16.5. The van der Waals surface area contributed by atoms with Crippen LogP contribution in [0.1, 0.15) is 47.8 Å². The fraction of sp³-hybridized carbons (Fsp3) is 0.238. The highest BCUT2D eigenvalue weighted by Gasteiger charge is 2.21. The molecule has 0 aliphatic carbocycles. The Morgan fingerprint density at radius 2 is 1.84 bits per heavy atom. The number of cyclic esters (lactones) is 1. The monoisotopic (exact) mass is 335 g/mol. The van der Waals surface area contributed by atoms with E-state index in [4.69, 9.17) is 4.74 Å². The van der Waals surface area contributed by atoms with Crippen LogP contribution in [0.2, 0.25) is 0 Å². The molecule has 2 aromatic carbocycles. The lowest BCUT2D eigenvalue weighted by Crippen LogP contribution is -2.10. The molecule has 128 valence electrons. The first kappa shape index (κ1) is 17.0. The quantitative estimate of drug-likeness (QED) is 0.672. The molecule has 1 amide bonds. The molecule has 1 aliphatic rings. The number of esters is 1. The van der Waals surface area contributed by atoms with Gasteiger partial charge in [-0.2, -0.15) is 0 Å². The molecule has 0 saturated carbocycles. The van der Waals surface area contributed by atoms with Crippen LogP contribution in [0, 0.1) is 0 Å². The molecule has 0 spiro atoms. The van der Waals surface area contributed by atoms with E-state index in [-0.39, 0.29) is 23.9 Å². The molecule has 0 bridgehead atoms. The maximum absolute atomic E-state index is 12.1. The Labute approximate surface area is 147 Å². The molecule has 0 atom stereocenters. The average molecular weight is 335 g/mol. The summed E-state index contributed by atoms with van der Waals surface area (Å²) in [7, 11) is 0. The van der Waals surface area contributed by atoms with Gasteiger partial charge in [-0.3, -0.25) is 4.79 Å². The van der Waals surface area contributed by atoms with E-state index in [1.54, 1.807) is 24.3 Å². The van der Waals surface area contributed by atoms with Gasteiger partial charge in [0.15, 0.2) is 0 Å². The summed E-state index contributed by atoms with van der Waals surface area (Å²) < 4.78 is 4.96. The number of benzene rings is 2. The summed E-state index contributed by atoms with van der Waals surface area (Å²) >= 11 is 0. The number of carbonyl (C=O) groups is 2. The lowest BCUT2D eigenvalue weighted by Gasteiger charge is -2.18. The van der Waals surface area contributed by atoms with Crippen LogP contribution in [-0.2, 0) is 21.6 Å². The molecule has 4 nitrogen and oxygen atoms in total. The maximum atomic E-state index is 12.1. The molecule has 1 aliphatic heterocycles. The topological polar surface area (TPSA) is 55.4 Å². The molecule has 0 aromatic heterocycles. The molecular formula is C21H21NO3. The van der Waals surface area contributed by atoms with Gasteiger partial charge >= 0.3 is 5.97 Å². The van der Waals surface area contributed by atoms with Crippen LogP contribution < -0.4 is 5.32 Å². The standard InChI is InChI=1S/C21H21NO3/c1-21(2,3)16-7-4-14(5-8-16)6-11-19(23)22-17-9-10-18-15(12-17)13-25-20(18)24/h4-12H,13H2,1-3H3,(H,22,23)/b11-6+. The first-order valence-corrected chi connectivity index (χ1v) is 8.22. The molecule has 2 aromatic rings. The minimum atomic E-state index is -0.313. The second kappa shape index (κ2) is 6.55. The van der Waals surface area contributed by atoms with Crippen molar-refractivity contribution < 1.29 is 14.3 Å². The van der Waals surface area contributed by atoms with Crippen molar-refractivity contribution in [3.05, 3.63) is 70.8 Å². The minimum Gasteiger partial charge on any atom is -0.457 e. The van der Waals surface area contributed by atoms with Gasteiger partial charge in [-0.25, -0.2) is 4.79 Å². The van der Waals surface area contributed by atoms with Gasteiger partial charge in [-0.05, 0) is 40.8 Å². The predicted molar refractivity (Wildman–Crippen MR) is 98.4 cm³/mol. The zero-order valence-electron chi connectivity index (χ0n) is 14.6. The second-order valence-electron chi connectivity index (χ2n) is 7.14. The normalized spacial score (nSPS) is 13.6. The molecule has 1 N–H and O–H groups in total. The van der Waals surface area contributed by atoms with Crippen LogP contribution in [0.15, 0.2) is 48.5 Å². The highest BCUT2D eigenvalue weighted by Crippen LogP contribution is 2.24. The van der Waals surface area contributed by atoms with Crippen LogP contribution in [0.3, 0.4) is 0 Å². The number of ether oxygens (including phenoxy) is 1. The van der Waals surface area contributed by atoms with E-state index in [0.29, 0.717) is 11.3 Å². The molecule has 25 heavy (non-hydrogen) atoms. The summed E-state index contributed by atoms with van der Waals surface area (Å²) in [6.07, 6.45) is 3.28. The lowest BCUT2D eigenvalue weighted by atomic mass is 9.87. The van der Waals surface area contributed by atoms with Crippen molar-refractivity contribution >= 4 is 23.6 Å². The Morgan fingerprint density at radius 3 is 2.52 bits per heavy atom. The van der Waals surface area contributed by atoms with E-state index in [1.807, 2.05) is 12.1 Å². The Kier molecular flexibility index (Phi) is 4.45. The number of hydrogen-bond donors (Lipinski definition) is 1. The van der Waals surface area contributed by atoms with Gasteiger partial charge in [0.25, 0.3) is 0 Å². The van der Waals surface area contributed by atoms with Crippen LogP contribution >= 0.6 is 0 Å². The number of fused-ring (bicyclic) bond motifs is 1. The highest BCUT2D eigenvalue weighted by molar-refractivity contribution is 6.02. The Hall–Kier alpha value is -2.88. The van der Waals surface area contributed by atoms with Crippen LogP contribution in [0.5, 0.6) is 0 Å². The first-order chi connectivity index (χ1) is 11.8. The summed E-state index contributed by atoms with van der Waals surface area (Å²) in [4.78, 5) is 23.5. The van der Waals surface area contributed by atoms with Gasteiger partial charge in [0.2, 0.25) is 5.91 Å². The van der Waals surface area contributed by atoms with Crippen LogP contribution in [0.25, 0.3) is 6.08 Å². The van der Waals surface area contributed by atoms with E-state index >= 15 is 0 Å². The number of rotatable bonds is 3. The van der Waals surface area contributed by atoms with Gasteiger partial charge in [0.05, 0.1) is 5.56 Å². The molecule has 0 unspecified atom stereocenters. The summed E-state index contributed by atoms with van der Waals surface area (Å²) in [5.74, 6) is -0.531. The molecule has 0 saturated heterocycles. The van der Waals surface area contributed by atoms with Crippen molar-refractivity contribution in [3.63, 3.8) is 0 Å². The third-order valence-corrected chi connectivity index (χ3v) is 4.16. The third-order valence-electron chi connectivity index (χ3n) is 4.16. The number of amides is 1. The van der Waals surface area contributed by atoms with Crippen molar-refractivity contribution in [1.29, 1.82) is 0 Å². The predicted octanol–water partition coefficient (Wildman–Crippen LogP) is 4.31. The molecule has 0 fully saturated rings. The van der Waals surface area contributed by atoms with Gasteiger partial charge < -0.3 is 10.1 Å². The van der Waals surface area contributed by atoms with Gasteiger partial charge in [0, 0.05) is 17.3 Å². The molecule has 0 radical (unpaired) electrons. The van der Waals surface area contributed by atoms with Crippen molar-refractivity contribution in [2.45, 2.75) is 32.8 Å². The molecule has 4 heteroatoms. The molecule has 3 rings (SSSR count). The Bertz CT molecular complexity index is 842. The molecule has 1 heterocycles. The maximum Gasteiger partial charge on any atom is 0.338 e. The van der Waals surface area contributed by atoms with Crippen LogP contribution in [0.4, 0.5) is 5.69 Å². The molecular weight excluding hydrogens is 314 g/mol. The number of anilines is 1. The summed E-state index contributed by atoms with van der Waals surface area (Å²) in [5.41, 5.74) is 4.34. The fourth-order valence-electron chi connectivity index (χ4n) is 2.66. The van der Waals surface area contributed by atoms with E-state index in [0.717, 1.165) is 11.1 Å². The third kappa shape index (κ3) is 3.97. The Morgan fingerprint density at radius 1 is 1.12 bits per heavy atom. The summed E-state index contributed by atoms with van der Waals surface area (Å²) in [5, 5.41) is 2.80. The zero-order chi connectivity index (χ0) is 18.0. The zero-order valence-corrected chi connectivity index (χ0v) is 14.6. The van der Waals surface area contributed by atoms with Gasteiger partial charge in [-0.15, -0.1) is 0 Å². The number of hydrogen-bond acceptors (Lipinski definition) is 3. The first-order valence-electron chi connectivity index (χ1n) is 8.22. The van der Waals surface area contributed by atoms with E-state index in [1.165, 1.54) is 11.6 Å². The van der Waals surface area contributed by atoms with Crippen molar-refractivity contribution in [1.82, 2.24) is 0 Å². The summed E-state index contributed by atoms with van der Waals surface area (Å²) in [6.45, 7) is 6.76. The van der Waals surface area contributed by atoms with E-state index in [2.05, 4.69) is 38.2 Å². The van der Waals surface area contributed by atoms with Gasteiger partial charge in [-0.1, -0.05) is 45.0 Å². The fourth-order valence-corrected chi connectivity index (χ4v) is 2.66. The van der Waals surface area contributed by atoms with E-state index in [9.17, 15) is 9.59 Å². The van der Waals surface area contributed by atoms with Crippen molar-refractivity contribution in [2.24, 2.45) is 0 Å². The SMILES string of the molecule is CC(C)(C)c1ccc(/C=C/C(=O)Nc2ccc3c(c2)COC3=O)cc1. The minimum absolute atomic E-state index is 0.109. The second-order valence-corrected chi connectivity index (χ2v) is 7.14. The largest absolute Gasteiger partial charge is 0.457 e. The van der Waals surface area contributed by atoms with E-state index < -0.39 is 0 Å². The van der Waals surface area contributed by atoms with Gasteiger partial charge in [0.1, 0.15) is 6.61 Å². The lowest BCUT2D eigenvalue weighted by molar-refractivity contribution is -0.111. The van der Waals surface area contributed by atoms with Crippen LogP contribution in [-0.4, -0.2) is 11.9 Å². The van der Waals surface area contributed by atoms with Crippen molar-refractivity contribution in [2.75, 3.05) is 5.32 Å².